The first-order chi connectivity index (χ1) is 7.55. The van der Waals surface area contributed by atoms with Crippen molar-refractivity contribution in [1.29, 1.82) is 5.26 Å². The Morgan fingerprint density at radius 3 is 2.75 bits per heavy atom. The van der Waals surface area contributed by atoms with E-state index in [1.807, 2.05) is 6.07 Å². The molecule has 82 valence electrons. The van der Waals surface area contributed by atoms with Gasteiger partial charge < -0.3 is 0 Å². The zero-order valence-corrected chi connectivity index (χ0v) is 9.55. The lowest BCUT2D eigenvalue weighted by Crippen LogP contribution is -2.15. The van der Waals surface area contributed by atoms with Gasteiger partial charge in [-0.25, -0.2) is 4.39 Å². The highest BCUT2D eigenvalue weighted by atomic mass is 19.1. The van der Waals surface area contributed by atoms with Crippen LogP contribution in [0.25, 0.3) is 0 Å². The smallest absolute Gasteiger partial charge is 0.140 e. The number of allylic oxidation sites excluding steroid dienone is 2. The second kappa shape index (κ2) is 3.75. The van der Waals surface area contributed by atoms with Crippen molar-refractivity contribution in [2.75, 3.05) is 0 Å². The predicted molar refractivity (Wildman–Crippen MR) is 61.5 cm³/mol. The van der Waals surface area contributed by atoms with Gasteiger partial charge in [-0.1, -0.05) is 24.6 Å². The molecule has 1 nitrogen and oxygen atoms in total. The number of halogens is 1. The molecule has 0 saturated carbocycles. The highest BCUT2D eigenvalue weighted by Crippen LogP contribution is 2.38. The van der Waals surface area contributed by atoms with Crippen LogP contribution in [0, 0.1) is 17.1 Å². The van der Waals surface area contributed by atoms with Gasteiger partial charge in [0.25, 0.3) is 0 Å². The fraction of sp³-hybridized carbons (Fsp3) is 0.357. The van der Waals surface area contributed by atoms with Crippen LogP contribution in [0.4, 0.5) is 4.39 Å². The zero-order valence-electron chi connectivity index (χ0n) is 9.55. The number of hydrogen-bond acceptors (Lipinski definition) is 1. The molecule has 0 aliphatic heterocycles. The van der Waals surface area contributed by atoms with Crippen molar-refractivity contribution >= 4 is 0 Å². The van der Waals surface area contributed by atoms with Crippen molar-refractivity contribution in [3.63, 3.8) is 0 Å². The second-order valence-corrected chi connectivity index (χ2v) is 4.71. The molecule has 0 bridgehead atoms. The number of benzene rings is 1. The minimum Gasteiger partial charge on any atom is -0.206 e. The Balaban J connectivity index is 2.46. The average Bonchev–Trinajstić information content (AvgIpc) is 2.60. The number of nitrogens with zero attached hydrogens (tertiary/aromatic N) is 1. The summed E-state index contributed by atoms with van der Waals surface area (Å²) < 4.78 is 13.2. The van der Waals surface area contributed by atoms with Gasteiger partial charge in [0.1, 0.15) is 11.9 Å². The van der Waals surface area contributed by atoms with Crippen molar-refractivity contribution in [2.45, 2.75) is 32.1 Å². The predicted octanol–water partition coefficient (Wildman–Crippen LogP) is 3.70. The van der Waals surface area contributed by atoms with Gasteiger partial charge in [-0.3, -0.25) is 0 Å². The lowest BCUT2D eigenvalue weighted by molar-refractivity contribution is 0.572. The minimum absolute atomic E-state index is 0.0383. The molecule has 16 heavy (non-hydrogen) atoms. The maximum absolute atomic E-state index is 13.2. The quantitative estimate of drug-likeness (QED) is 0.655. The molecule has 0 aromatic heterocycles. The monoisotopic (exact) mass is 215 g/mol. The van der Waals surface area contributed by atoms with Gasteiger partial charge in [-0.05, 0) is 37.5 Å². The third-order valence-corrected chi connectivity index (χ3v) is 3.35. The summed E-state index contributed by atoms with van der Waals surface area (Å²) in [6.07, 6.45) is 4.34. The van der Waals surface area contributed by atoms with Crippen molar-refractivity contribution in [3.05, 3.63) is 46.8 Å². The molecule has 2 rings (SSSR count). The molecule has 0 fully saturated rings. The van der Waals surface area contributed by atoms with Crippen molar-refractivity contribution < 1.29 is 4.39 Å². The van der Waals surface area contributed by atoms with Crippen LogP contribution >= 0.6 is 0 Å². The summed E-state index contributed by atoms with van der Waals surface area (Å²) in [5, 5.41) is 8.82. The molecule has 2 heteroatoms. The normalized spacial score (nSPS) is 24.0. The van der Waals surface area contributed by atoms with Crippen LogP contribution in [-0.2, 0) is 5.41 Å². The van der Waals surface area contributed by atoms with E-state index in [-0.39, 0.29) is 11.0 Å². The Hall–Kier alpha value is -1.62. The maximum Gasteiger partial charge on any atom is 0.140 e. The summed E-state index contributed by atoms with van der Waals surface area (Å²) in [7, 11) is 0. The molecule has 0 heterocycles. The van der Waals surface area contributed by atoms with Gasteiger partial charge in [0.15, 0.2) is 0 Å². The van der Waals surface area contributed by atoms with Gasteiger partial charge in [0, 0.05) is 5.41 Å². The van der Waals surface area contributed by atoms with E-state index < -0.39 is 5.82 Å². The molecule has 0 spiro atoms. The van der Waals surface area contributed by atoms with Gasteiger partial charge in [0.2, 0.25) is 0 Å². The summed E-state index contributed by atoms with van der Waals surface area (Å²) in [5.41, 5.74) is 2.49. The molecular weight excluding hydrogens is 201 g/mol. The summed E-state index contributed by atoms with van der Waals surface area (Å²) in [6, 6.07) is 6.74. The lowest BCUT2D eigenvalue weighted by atomic mass is 9.81. The van der Waals surface area contributed by atoms with E-state index in [9.17, 15) is 4.39 Å². The fourth-order valence-corrected chi connectivity index (χ4v) is 2.34. The lowest BCUT2D eigenvalue weighted by Gasteiger charge is -2.22. The highest BCUT2D eigenvalue weighted by molar-refractivity contribution is 5.41. The zero-order chi connectivity index (χ0) is 11.8. The van der Waals surface area contributed by atoms with Crippen LogP contribution in [0.15, 0.2) is 29.8 Å². The van der Waals surface area contributed by atoms with Crippen molar-refractivity contribution in [1.82, 2.24) is 0 Å². The van der Waals surface area contributed by atoms with E-state index >= 15 is 0 Å². The van der Waals surface area contributed by atoms with Crippen molar-refractivity contribution in [2.24, 2.45) is 0 Å². The van der Waals surface area contributed by atoms with E-state index in [1.165, 1.54) is 11.6 Å². The van der Waals surface area contributed by atoms with Crippen LogP contribution in [0.2, 0.25) is 0 Å². The highest BCUT2D eigenvalue weighted by Gasteiger charge is 2.29. The number of hydrogen-bond donors (Lipinski definition) is 0. The van der Waals surface area contributed by atoms with Gasteiger partial charge in [0.05, 0.1) is 5.56 Å². The Kier molecular flexibility index (Phi) is 2.55. The molecule has 0 unspecified atom stereocenters. The molecule has 1 aromatic carbocycles. The SMILES string of the molecule is CC1=C[C@](C)(c2ccc(F)c(C#N)c2)CC1. The Labute approximate surface area is 95.2 Å². The standard InChI is InChI=1S/C14H14FN/c1-10-5-6-14(2,8-10)12-3-4-13(15)11(7-12)9-16/h3-4,7-8H,5-6H2,1-2H3/t14-/m1/s1. The minimum atomic E-state index is -0.437. The molecule has 1 aliphatic rings. The van der Waals surface area contributed by atoms with Crippen LogP contribution in [-0.4, -0.2) is 0 Å². The maximum atomic E-state index is 13.2. The van der Waals surface area contributed by atoms with E-state index in [2.05, 4.69) is 19.9 Å². The molecule has 1 aliphatic carbocycles. The summed E-state index contributed by atoms with van der Waals surface area (Å²) in [5.74, 6) is -0.437. The molecule has 0 N–H and O–H groups in total. The molecule has 1 aromatic rings. The first-order valence-electron chi connectivity index (χ1n) is 5.44. The number of rotatable bonds is 1. The van der Waals surface area contributed by atoms with E-state index in [4.69, 9.17) is 5.26 Å². The van der Waals surface area contributed by atoms with Crippen LogP contribution in [0.5, 0.6) is 0 Å². The largest absolute Gasteiger partial charge is 0.206 e. The third-order valence-electron chi connectivity index (χ3n) is 3.35. The van der Waals surface area contributed by atoms with Crippen molar-refractivity contribution in [3.8, 4) is 6.07 Å². The molecular formula is C14H14FN. The van der Waals surface area contributed by atoms with Gasteiger partial charge in [-0.2, -0.15) is 5.26 Å². The van der Waals surface area contributed by atoms with Crippen LogP contribution < -0.4 is 0 Å². The first-order valence-corrected chi connectivity index (χ1v) is 5.44. The third kappa shape index (κ3) is 1.74. The fourth-order valence-electron chi connectivity index (χ4n) is 2.34. The first kappa shape index (κ1) is 10.9. The van der Waals surface area contributed by atoms with Crippen LogP contribution in [0.3, 0.4) is 0 Å². The molecule has 0 radical (unpaired) electrons. The molecule has 0 saturated heterocycles. The molecule has 1 atom stereocenters. The Morgan fingerprint density at radius 1 is 1.44 bits per heavy atom. The summed E-state index contributed by atoms with van der Waals surface area (Å²) in [6.45, 7) is 4.25. The Bertz CT molecular complexity index is 496. The number of nitriles is 1. The van der Waals surface area contributed by atoms with E-state index in [0.29, 0.717) is 0 Å². The average molecular weight is 215 g/mol. The topological polar surface area (TPSA) is 23.8 Å². The summed E-state index contributed by atoms with van der Waals surface area (Å²) in [4.78, 5) is 0. The van der Waals surface area contributed by atoms with Gasteiger partial charge >= 0.3 is 0 Å². The van der Waals surface area contributed by atoms with Crippen LogP contribution in [0.1, 0.15) is 37.8 Å². The molecule has 0 amide bonds. The second-order valence-electron chi connectivity index (χ2n) is 4.71. The van der Waals surface area contributed by atoms with E-state index in [1.54, 1.807) is 12.1 Å². The Morgan fingerprint density at radius 2 is 2.19 bits per heavy atom. The van der Waals surface area contributed by atoms with E-state index in [0.717, 1.165) is 18.4 Å². The van der Waals surface area contributed by atoms with Gasteiger partial charge in [-0.15, -0.1) is 0 Å². The summed E-state index contributed by atoms with van der Waals surface area (Å²) >= 11 is 0.